The number of rotatable bonds is 5. The molecule has 0 bridgehead atoms. The lowest BCUT2D eigenvalue weighted by Gasteiger charge is -2.11. The van der Waals surface area contributed by atoms with Crippen LogP contribution in [0.25, 0.3) is 11.2 Å². The Morgan fingerprint density at radius 3 is 2.53 bits per heavy atom. The Hall–Kier alpha value is -2.77. The van der Waals surface area contributed by atoms with Crippen molar-refractivity contribution >= 4 is 34.5 Å². The molecule has 0 radical (unpaired) electrons. The van der Waals surface area contributed by atoms with Crippen LogP contribution in [0.15, 0.2) is 63.3 Å². The standard InChI is InChI=1S/C22H21ClN4O2S/c1-14-7-6-8-15(11-14)13-30-21-24-19-18(20(28)26(3)22(29)25(19)2)27(21)12-16-9-4-5-10-17(16)23/h4-11H,12-13H2,1-3H3. The van der Waals surface area contributed by atoms with Gasteiger partial charge in [0.2, 0.25) is 0 Å². The van der Waals surface area contributed by atoms with E-state index in [9.17, 15) is 9.59 Å². The highest BCUT2D eigenvalue weighted by Gasteiger charge is 2.20. The summed E-state index contributed by atoms with van der Waals surface area (Å²) in [7, 11) is 3.11. The Kier molecular flexibility index (Phi) is 5.58. The molecule has 0 aliphatic rings. The minimum absolute atomic E-state index is 0.366. The van der Waals surface area contributed by atoms with Crippen molar-refractivity contribution in [3.05, 3.63) is 91.1 Å². The van der Waals surface area contributed by atoms with E-state index < -0.39 is 5.69 Å². The van der Waals surface area contributed by atoms with Crippen molar-refractivity contribution < 1.29 is 0 Å². The first-order valence-electron chi connectivity index (χ1n) is 9.45. The van der Waals surface area contributed by atoms with Crippen molar-refractivity contribution in [3.63, 3.8) is 0 Å². The summed E-state index contributed by atoms with van der Waals surface area (Å²) in [6.45, 7) is 2.44. The van der Waals surface area contributed by atoms with E-state index in [0.29, 0.717) is 33.6 Å². The van der Waals surface area contributed by atoms with Gasteiger partial charge in [-0.3, -0.25) is 13.9 Å². The maximum Gasteiger partial charge on any atom is 0.332 e. The lowest BCUT2D eigenvalue weighted by Crippen LogP contribution is -2.37. The molecule has 2 aromatic heterocycles. The van der Waals surface area contributed by atoms with Crippen LogP contribution in [0.1, 0.15) is 16.7 Å². The predicted molar refractivity (Wildman–Crippen MR) is 122 cm³/mol. The first kappa shape index (κ1) is 20.5. The Morgan fingerprint density at radius 2 is 1.80 bits per heavy atom. The first-order valence-corrected chi connectivity index (χ1v) is 10.8. The van der Waals surface area contributed by atoms with Crippen molar-refractivity contribution in [2.24, 2.45) is 14.1 Å². The third kappa shape index (κ3) is 3.70. The number of imidazole rings is 1. The average Bonchev–Trinajstić information content (AvgIpc) is 3.09. The van der Waals surface area contributed by atoms with E-state index in [2.05, 4.69) is 30.1 Å². The molecule has 0 N–H and O–H groups in total. The molecule has 4 rings (SSSR count). The molecule has 0 unspecified atom stereocenters. The van der Waals surface area contributed by atoms with Crippen molar-refractivity contribution in [2.45, 2.75) is 24.4 Å². The molecule has 8 heteroatoms. The van der Waals surface area contributed by atoms with Gasteiger partial charge in [0.05, 0.1) is 6.54 Å². The molecule has 154 valence electrons. The molecule has 2 aromatic carbocycles. The van der Waals surface area contributed by atoms with Crippen molar-refractivity contribution in [1.82, 2.24) is 18.7 Å². The topological polar surface area (TPSA) is 61.8 Å². The maximum atomic E-state index is 13.0. The van der Waals surface area contributed by atoms with Gasteiger partial charge in [-0.2, -0.15) is 0 Å². The fraction of sp³-hybridized carbons (Fsp3) is 0.227. The Bertz CT molecular complexity index is 1370. The third-order valence-corrected chi connectivity index (χ3v) is 6.47. The summed E-state index contributed by atoms with van der Waals surface area (Å²) in [5.74, 6) is 0.696. The van der Waals surface area contributed by atoms with Gasteiger partial charge in [-0.25, -0.2) is 9.78 Å². The van der Waals surface area contributed by atoms with Crippen molar-refractivity contribution in [2.75, 3.05) is 0 Å². The van der Waals surface area contributed by atoms with E-state index >= 15 is 0 Å². The van der Waals surface area contributed by atoms with E-state index in [1.165, 1.54) is 28.9 Å². The minimum Gasteiger partial charge on any atom is -0.309 e. The summed E-state index contributed by atoms with van der Waals surface area (Å²) in [5.41, 5.74) is 3.24. The zero-order valence-electron chi connectivity index (χ0n) is 16.9. The lowest BCUT2D eigenvalue weighted by molar-refractivity contribution is 0.696. The number of benzene rings is 2. The SMILES string of the molecule is Cc1cccc(CSc2nc3c(c(=O)n(C)c(=O)n3C)n2Cc2ccccc2Cl)c1. The number of nitrogens with zero attached hydrogens (tertiary/aromatic N) is 4. The highest BCUT2D eigenvalue weighted by atomic mass is 35.5. The van der Waals surface area contributed by atoms with Gasteiger partial charge in [-0.15, -0.1) is 0 Å². The second-order valence-electron chi connectivity index (χ2n) is 7.23. The quantitative estimate of drug-likeness (QED) is 0.443. The van der Waals surface area contributed by atoms with E-state index in [4.69, 9.17) is 11.6 Å². The summed E-state index contributed by atoms with van der Waals surface area (Å²) in [5, 5.41) is 1.29. The van der Waals surface area contributed by atoms with Gasteiger partial charge in [0.15, 0.2) is 16.3 Å². The second kappa shape index (κ2) is 8.16. The first-order chi connectivity index (χ1) is 14.4. The average molecular weight is 441 g/mol. The zero-order valence-corrected chi connectivity index (χ0v) is 18.5. The van der Waals surface area contributed by atoms with Gasteiger partial charge in [-0.1, -0.05) is 71.4 Å². The molecule has 2 heterocycles. The third-order valence-electron chi connectivity index (χ3n) is 5.05. The molecule has 0 aliphatic carbocycles. The van der Waals surface area contributed by atoms with Crippen LogP contribution < -0.4 is 11.2 Å². The smallest absolute Gasteiger partial charge is 0.309 e. The zero-order chi connectivity index (χ0) is 21.4. The van der Waals surface area contributed by atoms with Crippen molar-refractivity contribution in [1.29, 1.82) is 0 Å². The number of aromatic nitrogens is 4. The lowest BCUT2D eigenvalue weighted by atomic mass is 10.2. The highest BCUT2D eigenvalue weighted by Crippen LogP contribution is 2.27. The molecular weight excluding hydrogens is 420 g/mol. The molecule has 0 amide bonds. The van der Waals surface area contributed by atoms with Gasteiger partial charge in [0.1, 0.15) is 0 Å². The van der Waals surface area contributed by atoms with Crippen LogP contribution in [0, 0.1) is 6.92 Å². The number of halogens is 1. The molecule has 0 atom stereocenters. The molecule has 0 aliphatic heterocycles. The molecule has 0 saturated carbocycles. The molecule has 0 fully saturated rings. The Morgan fingerprint density at radius 1 is 1.03 bits per heavy atom. The van der Waals surface area contributed by atoms with Crippen LogP contribution >= 0.6 is 23.4 Å². The number of hydrogen-bond donors (Lipinski definition) is 0. The van der Waals surface area contributed by atoms with Gasteiger partial charge < -0.3 is 4.57 Å². The van der Waals surface area contributed by atoms with Crippen LogP contribution in [0.5, 0.6) is 0 Å². The summed E-state index contributed by atoms with van der Waals surface area (Å²) >= 11 is 7.92. The minimum atomic E-state index is -0.398. The van der Waals surface area contributed by atoms with Gasteiger partial charge >= 0.3 is 5.69 Å². The fourth-order valence-corrected chi connectivity index (χ4v) is 4.56. The fourth-order valence-electron chi connectivity index (χ4n) is 3.43. The van der Waals surface area contributed by atoms with Gasteiger partial charge in [-0.05, 0) is 24.1 Å². The Labute approximate surface area is 182 Å². The highest BCUT2D eigenvalue weighted by molar-refractivity contribution is 7.98. The maximum absolute atomic E-state index is 13.0. The number of aryl methyl sites for hydroxylation is 2. The van der Waals surface area contributed by atoms with E-state index in [1.54, 1.807) is 7.05 Å². The van der Waals surface area contributed by atoms with Crippen LogP contribution in [0.3, 0.4) is 0 Å². The predicted octanol–water partition coefficient (Wildman–Crippen LogP) is 3.74. The molecule has 30 heavy (non-hydrogen) atoms. The van der Waals surface area contributed by atoms with E-state index in [-0.39, 0.29) is 5.56 Å². The summed E-state index contributed by atoms with van der Waals surface area (Å²) in [6.07, 6.45) is 0. The van der Waals surface area contributed by atoms with Crippen LogP contribution in [-0.4, -0.2) is 18.7 Å². The summed E-state index contributed by atoms with van der Waals surface area (Å²) < 4.78 is 4.39. The molecule has 6 nitrogen and oxygen atoms in total. The number of hydrogen-bond acceptors (Lipinski definition) is 4. The summed E-state index contributed by atoms with van der Waals surface area (Å²) in [4.78, 5) is 30.0. The normalized spacial score (nSPS) is 11.3. The molecule has 0 spiro atoms. The molecular formula is C22H21ClN4O2S. The summed E-state index contributed by atoms with van der Waals surface area (Å²) in [6, 6.07) is 15.8. The second-order valence-corrected chi connectivity index (χ2v) is 8.58. The van der Waals surface area contributed by atoms with Gasteiger partial charge in [0, 0.05) is 24.9 Å². The Balaban J connectivity index is 1.86. The monoisotopic (exact) mass is 440 g/mol. The van der Waals surface area contributed by atoms with Crippen LogP contribution in [0.2, 0.25) is 5.02 Å². The largest absolute Gasteiger partial charge is 0.332 e. The van der Waals surface area contributed by atoms with Crippen LogP contribution in [-0.2, 0) is 26.4 Å². The van der Waals surface area contributed by atoms with Crippen LogP contribution in [0.4, 0.5) is 0 Å². The molecule has 4 aromatic rings. The van der Waals surface area contributed by atoms with Crippen molar-refractivity contribution in [3.8, 4) is 0 Å². The number of fused-ring (bicyclic) bond motifs is 1. The van der Waals surface area contributed by atoms with Gasteiger partial charge in [0.25, 0.3) is 5.56 Å². The molecule has 0 saturated heterocycles. The van der Waals surface area contributed by atoms with E-state index in [0.717, 1.165) is 15.7 Å². The van der Waals surface area contributed by atoms with E-state index in [1.807, 2.05) is 34.9 Å². The number of thioether (sulfide) groups is 1.